The molecule has 0 spiro atoms. The lowest BCUT2D eigenvalue weighted by Gasteiger charge is -2.22. The largest absolute Gasteiger partial charge is 0.336 e. The molecule has 1 aromatic heterocycles. The fraction of sp³-hybridized carbons (Fsp3) is 0.818. The molecule has 0 aliphatic heterocycles. The molecule has 0 N–H and O–H groups in total. The van der Waals surface area contributed by atoms with Crippen molar-refractivity contribution in [3.05, 3.63) is 31.5 Å². The van der Waals surface area contributed by atoms with E-state index < -0.39 is 17.1 Å². The van der Waals surface area contributed by atoms with Crippen LogP contribution in [0, 0.1) is 35.5 Å². The summed E-state index contributed by atoms with van der Waals surface area (Å²) in [6, 6.07) is 0. The summed E-state index contributed by atoms with van der Waals surface area (Å²) >= 11 is 0. The van der Waals surface area contributed by atoms with Gasteiger partial charge in [-0.15, -0.1) is 0 Å². The Balaban J connectivity index is 1.59. The molecule has 0 aromatic carbocycles. The zero-order valence-electron chi connectivity index (χ0n) is 26.4. The third-order valence-electron chi connectivity index (χ3n) is 10.6. The number of hydrogen-bond donors (Lipinski definition) is 0. The zero-order valence-corrected chi connectivity index (χ0v) is 26.4. The maximum absolute atomic E-state index is 13.9. The van der Waals surface area contributed by atoms with Gasteiger partial charge >= 0.3 is 17.1 Å². The Morgan fingerprint density at radius 2 is 0.667 bits per heavy atom. The molecule has 6 unspecified atom stereocenters. The highest BCUT2D eigenvalue weighted by atomic mass is 16.2. The zero-order chi connectivity index (χ0) is 32.0. The summed E-state index contributed by atoms with van der Waals surface area (Å²) in [7, 11) is 0. The van der Waals surface area contributed by atoms with Gasteiger partial charge in [0.05, 0.1) is 19.6 Å². The molecule has 1 heterocycles. The number of aromatic nitrogens is 3. The summed E-state index contributed by atoms with van der Waals surface area (Å²) in [6.07, 6.45) is 18.2. The van der Waals surface area contributed by atoms with Gasteiger partial charge in [0.1, 0.15) is 0 Å². The van der Waals surface area contributed by atoms with Crippen LogP contribution in [0.4, 0.5) is 0 Å². The van der Waals surface area contributed by atoms with Gasteiger partial charge in [0, 0.05) is 19.6 Å². The molecule has 3 aliphatic carbocycles. The van der Waals surface area contributed by atoms with Crippen molar-refractivity contribution in [3.8, 4) is 0 Å². The second-order valence-electron chi connectivity index (χ2n) is 13.7. The highest BCUT2D eigenvalue weighted by molar-refractivity contribution is 5.33. The fourth-order valence-corrected chi connectivity index (χ4v) is 7.89. The second kappa shape index (κ2) is 17.9. The SMILES string of the molecule is O=C=NCC1CCCC(Cn2c(=O)n(CC3CCCC(CN=C=O)CC3)c(=O)n(CC3CCCC(CN=C=O)CC3)c2=O)CC1. The maximum Gasteiger partial charge on any atom is 0.336 e. The van der Waals surface area contributed by atoms with E-state index in [0.717, 1.165) is 96.3 Å². The van der Waals surface area contributed by atoms with Crippen LogP contribution in [0.5, 0.6) is 0 Å². The average Bonchev–Trinajstić information content (AvgIpc) is 3.52. The van der Waals surface area contributed by atoms with E-state index in [1.165, 1.54) is 13.7 Å². The first kappa shape index (κ1) is 34.4. The van der Waals surface area contributed by atoms with Crippen molar-refractivity contribution in [2.24, 2.45) is 50.5 Å². The number of rotatable bonds is 12. The van der Waals surface area contributed by atoms with Gasteiger partial charge in [-0.3, -0.25) is 0 Å². The normalized spacial score (nSPS) is 27.5. The van der Waals surface area contributed by atoms with Crippen LogP contribution in [0.25, 0.3) is 0 Å². The third kappa shape index (κ3) is 10.0. The molecule has 3 saturated carbocycles. The number of aliphatic imine (C=N–C) groups is 3. The molecule has 0 radical (unpaired) electrons. The van der Waals surface area contributed by atoms with Crippen LogP contribution in [-0.4, -0.2) is 51.6 Å². The van der Waals surface area contributed by atoms with Gasteiger partial charge < -0.3 is 0 Å². The summed E-state index contributed by atoms with van der Waals surface area (Å²) in [5.41, 5.74) is -1.56. The maximum atomic E-state index is 13.9. The number of hydrogen-bond acceptors (Lipinski definition) is 9. The van der Waals surface area contributed by atoms with Crippen LogP contribution in [0.15, 0.2) is 29.4 Å². The Hall–Kier alpha value is -3.45. The van der Waals surface area contributed by atoms with Crippen molar-refractivity contribution < 1.29 is 14.4 Å². The van der Waals surface area contributed by atoms with Crippen LogP contribution in [0.1, 0.15) is 96.3 Å². The van der Waals surface area contributed by atoms with Crippen LogP contribution >= 0.6 is 0 Å². The summed E-state index contributed by atoms with van der Waals surface area (Å²) in [4.78, 5) is 85.0. The Kier molecular flexibility index (Phi) is 13.7. The molecule has 12 nitrogen and oxygen atoms in total. The van der Waals surface area contributed by atoms with Crippen molar-refractivity contribution in [1.29, 1.82) is 0 Å². The Morgan fingerprint density at radius 3 is 0.933 bits per heavy atom. The highest BCUT2D eigenvalue weighted by Gasteiger charge is 2.27. The predicted molar refractivity (Wildman–Crippen MR) is 168 cm³/mol. The summed E-state index contributed by atoms with van der Waals surface area (Å²) < 4.78 is 3.94. The minimum absolute atomic E-state index is 0.119. The van der Waals surface area contributed by atoms with Gasteiger partial charge in [-0.1, -0.05) is 19.3 Å². The van der Waals surface area contributed by atoms with Crippen molar-refractivity contribution in [3.63, 3.8) is 0 Å². The van der Waals surface area contributed by atoms with Gasteiger partial charge in [-0.05, 0) is 113 Å². The molecule has 3 aliphatic rings. The molecule has 246 valence electrons. The minimum atomic E-state index is -0.522. The van der Waals surface area contributed by atoms with Crippen LogP contribution < -0.4 is 17.1 Å². The summed E-state index contributed by atoms with van der Waals surface area (Å²) in [5.74, 6) is 1.25. The molecule has 45 heavy (non-hydrogen) atoms. The Labute approximate surface area is 263 Å². The van der Waals surface area contributed by atoms with Crippen molar-refractivity contribution >= 4 is 18.2 Å². The first-order chi connectivity index (χ1) is 21.9. The lowest BCUT2D eigenvalue weighted by molar-refractivity contribution is 0.300. The summed E-state index contributed by atoms with van der Waals surface area (Å²) in [6.45, 7) is 2.20. The Morgan fingerprint density at radius 1 is 0.422 bits per heavy atom. The topological polar surface area (TPSA) is 154 Å². The van der Waals surface area contributed by atoms with E-state index in [0.29, 0.717) is 37.4 Å². The Bertz CT molecular complexity index is 1240. The minimum Gasteiger partial charge on any atom is -0.247 e. The van der Waals surface area contributed by atoms with Crippen LogP contribution in [-0.2, 0) is 34.0 Å². The molecule has 0 amide bonds. The lowest BCUT2D eigenvalue weighted by Crippen LogP contribution is -2.56. The first-order valence-corrected chi connectivity index (χ1v) is 17.0. The molecule has 4 rings (SSSR count). The quantitative estimate of drug-likeness (QED) is 0.196. The van der Waals surface area contributed by atoms with Crippen molar-refractivity contribution in [2.75, 3.05) is 19.6 Å². The van der Waals surface area contributed by atoms with E-state index in [9.17, 15) is 28.8 Å². The fourth-order valence-electron chi connectivity index (χ4n) is 7.89. The van der Waals surface area contributed by atoms with Gasteiger partial charge in [-0.25, -0.2) is 57.4 Å². The predicted octanol–water partition coefficient (Wildman–Crippen LogP) is 3.77. The van der Waals surface area contributed by atoms with Crippen molar-refractivity contribution in [1.82, 2.24) is 13.7 Å². The van der Waals surface area contributed by atoms with E-state index >= 15 is 0 Å². The molecule has 0 bridgehead atoms. The van der Waals surface area contributed by atoms with Gasteiger partial charge in [-0.2, -0.15) is 0 Å². The van der Waals surface area contributed by atoms with Gasteiger partial charge in [0.2, 0.25) is 18.2 Å². The molecule has 12 heteroatoms. The lowest BCUT2D eigenvalue weighted by atomic mass is 9.97. The van der Waals surface area contributed by atoms with E-state index in [1.54, 1.807) is 18.2 Å². The highest BCUT2D eigenvalue weighted by Crippen LogP contribution is 2.30. The molecular formula is C33H48N6O6. The average molecular weight is 625 g/mol. The standard InChI is InChI=1S/C33H48N6O6/c40-22-34-16-25-4-1-7-28(13-10-25)19-37-31(43)38(20-29-8-2-5-26(11-14-29)17-35-23-41)33(45)39(32(37)44)21-30-9-3-6-27(12-15-30)18-36-24-42/h25-30H,1-21H2. The molecule has 1 aromatic rings. The van der Waals surface area contributed by atoms with E-state index in [4.69, 9.17) is 0 Å². The van der Waals surface area contributed by atoms with E-state index in [-0.39, 0.29) is 37.4 Å². The van der Waals surface area contributed by atoms with Gasteiger partial charge in [0.15, 0.2) is 0 Å². The monoisotopic (exact) mass is 624 g/mol. The molecular weight excluding hydrogens is 576 g/mol. The second-order valence-corrected chi connectivity index (χ2v) is 13.7. The van der Waals surface area contributed by atoms with E-state index in [1.807, 2.05) is 0 Å². The summed E-state index contributed by atoms with van der Waals surface area (Å²) in [5, 5.41) is 0. The smallest absolute Gasteiger partial charge is 0.247 e. The van der Waals surface area contributed by atoms with Crippen LogP contribution in [0.3, 0.4) is 0 Å². The number of carbonyl (C=O) groups excluding carboxylic acids is 3. The number of isocyanates is 3. The first-order valence-electron chi connectivity index (χ1n) is 17.0. The van der Waals surface area contributed by atoms with Crippen LogP contribution in [0.2, 0.25) is 0 Å². The molecule has 0 saturated heterocycles. The third-order valence-corrected chi connectivity index (χ3v) is 10.6. The van der Waals surface area contributed by atoms with Gasteiger partial charge in [0.25, 0.3) is 0 Å². The molecule has 6 atom stereocenters. The van der Waals surface area contributed by atoms with Crippen molar-refractivity contribution in [2.45, 2.75) is 116 Å². The number of nitrogens with zero attached hydrogens (tertiary/aromatic N) is 6. The molecule has 3 fully saturated rings. The van der Waals surface area contributed by atoms with E-state index in [2.05, 4.69) is 15.0 Å².